The van der Waals surface area contributed by atoms with Crippen molar-refractivity contribution in [2.24, 2.45) is 7.05 Å². The molecule has 1 aromatic heterocycles. The number of halogens is 2. The molecule has 2 N–H and O–H groups in total. The quantitative estimate of drug-likeness (QED) is 0.248. The number of ketones is 1. The number of nitrogen functional groups attached to an aromatic ring is 1. The maximum atomic E-state index is 12.7. The second-order valence-electron chi connectivity index (χ2n) is 7.59. The second kappa shape index (κ2) is 11.7. The van der Waals surface area contributed by atoms with Crippen LogP contribution in [0, 0.1) is 0 Å². The summed E-state index contributed by atoms with van der Waals surface area (Å²) in [4.78, 5) is 49.9. The molecule has 1 heterocycles. The van der Waals surface area contributed by atoms with Crippen molar-refractivity contribution in [2.75, 3.05) is 18.9 Å². The van der Waals surface area contributed by atoms with Crippen LogP contribution in [-0.2, 0) is 23.1 Å². The first-order valence-corrected chi connectivity index (χ1v) is 11.3. The van der Waals surface area contributed by atoms with Crippen LogP contribution < -0.4 is 21.7 Å². The van der Waals surface area contributed by atoms with Crippen LogP contribution in [0.4, 0.5) is 5.82 Å². The highest BCUT2D eigenvalue weighted by molar-refractivity contribution is 6.35. The predicted molar refractivity (Wildman–Crippen MR) is 132 cm³/mol. The fourth-order valence-corrected chi connectivity index (χ4v) is 3.71. The van der Waals surface area contributed by atoms with E-state index in [2.05, 4.69) is 0 Å². The van der Waals surface area contributed by atoms with Gasteiger partial charge in [0.05, 0.1) is 18.2 Å². The zero-order valence-corrected chi connectivity index (χ0v) is 20.3. The third-order valence-corrected chi connectivity index (χ3v) is 5.62. The molecule has 3 rings (SSSR count). The zero-order chi connectivity index (χ0) is 25.5. The van der Waals surface area contributed by atoms with Gasteiger partial charge in [-0.15, -0.1) is 0 Å². The molecule has 184 valence electrons. The minimum Gasteiger partial charge on any atom is -0.492 e. The Morgan fingerprint density at radius 1 is 1.06 bits per heavy atom. The number of esters is 1. The van der Waals surface area contributed by atoms with Crippen molar-refractivity contribution in [2.45, 2.75) is 19.4 Å². The Labute approximate surface area is 210 Å². The average Bonchev–Trinajstić information content (AvgIpc) is 2.83. The number of benzene rings is 2. The molecule has 0 amide bonds. The molecule has 0 atom stereocenters. The number of hydrogen-bond donors (Lipinski definition) is 1. The summed E-state index contributed by atoms with van der Waals surface area (Å²) in [6, 6.07) is 13.7. The Hall–Kier alpha value is -3.56. The highest BCUT2D eigenvalue weighted by atomic mass is 35.5. The second-order valence-corrected chi connectivity index (χ2v) is 8.43. The number of carbonyl (C=O) groups excluding carboxylic acids is 2. The van der Waals surface area contributed by atoms with Gasteiger partial charge in [0.25, 0.3) is 5.56 Å². The molecule has 3 aromatic rings. The van der Waals surface area contributed by atoms with Crippen LogP contribution in [0.3, 0.4) is 0 Å². The smallest absolute Gasteiger partial charge is 0.332 e. The summed E-state index contributed by atoms with van der Waals surface area (Å²) in [5.74, 6) is -1.31. The van der Waals surface area contributed by atoms with Gasteiger partial charge in [-0.1, -0.05) is 53.5 Å². The van der Waals surface area contributed by atoms with E-state index in [-0.39, 0.29) is 25.4 Å². The van der Waals surface area contributed by atoms with Gasteiger partial charge in [0.1, 0.15) is 17.1 Å². The molecule has 0 saturated carbocycles. The molecule has 0 spiro atoms. The Morgan fingerprint density at radius 3 is 2.46 bits per heavy atom. The van der Waals surface area contributed by atoms with Crippen LogP contribution in [0.1, 0.15) is 28.8 Å². The molecule has 0 fully saturated rings. The topological polar surface area (TPSA) is 123 Å². The standard InChI is InChI=1S/C24H23Cl2N3O6/c1-28-23(32)21(22(27)29(24(28)33)13-15-6-3-2-4-7-15)18(30)14-35-20(31)8-5-11-34-19-10-9-16(25)12-17(19)26/h2-4,6-7,9-10,12H,5,8,11,13-14,27H2,1H3. The molecule has 0 bridgehead atoms. The van der Waals surface area contributed by atoms with Crippen LogP contribution in [-0.4, -0.2) is 34.1 Å². The van der Waals surface area contributed by atoms with Gasteiger partial charge in [0.15, 0.2) is 6.61 Å². The Bertz CT molecular complexity index is 1350. The van der Waals surface area contributed by atoms with Crippen LogP contribution >= 0.6 is 23.2 Å². The van der Waals surface area contributed by atoms with Crippen molar-refractivity contribution in [1.29, 1.82) is 0 Å². The number of Topliss-reactive ketones (excluding diaryl/α,β-unsaturated/α-hetero) is 1. The van der Waals surface area contributed by atoms with Crippen molar-refractivity contribution in [3.8, 4) is 5.75 Å². The Balaban J connectivity index is 1.60. The third-order valence-electron chi connectivity index (χ3n) is 5.09. The van der Waals surface area contributed by atoms with Crippen LogP contribution in [0.15, 0.2) is 58.1 Å². The molecule has 0 saturated heterocycles. The first kappa shape index (κ1) is 26.1. The van der Waals surface area contributed by atoms with E-state index in [4.69, 9.17) is 38.4 Å². The minimum absolute atomic E-state index is 0.0283. The zero-order valence-electron chi connectivity index (χ0n) is 18.8. The van der Waals surface area contributed by atoms with E-state index in [1.54, 1.807) is 36.4 Å². The van der Waals surface area contributed by atoms with Crippen molar-refractivity contribution in [3.63, 3.8) is 0 Å². The SMILES string of the molecule is Cn1c(=O)c(C(=O)COC(=O)CCCOc2ccc(Cl)cc2Cl)c(N)n(Cc2ccccc2)c1=O. The van der Waals surface area contributed by atoms with Gasteiger partial charge in [-0.3, -0.25) is 23.5 Å². The third kappa shape index (κ3) is 6.52. The lowest BCUT2D eigenvalue weighted by molar-refractivity contribution is -0.142. The molecule has 0 unspecified atom stereocenters. The monoisotopic (exact) mass is 519 g/mol. The largest absolute Gasteiger partial charge is 0.492 e. The predicted octanol–water partition coefficient (Wildman–Crippen LogP) is 3.07. The van der Waals surface area contributed by atoms with E-state index in [0.29, 0.717) is 22.2 Å². The van der Waals surface area contributed by atoms with E-state index >= 15 is 0 Å². The van der Waals surface area contributed by atoms with Gasteiger partial charge in [-0.25, -0.2) is 4.79 Å². The van der Waals surface area contributed by atoms with Crippen LogP contribution in [0.5, 0.6) is 5.75 Å². The number of nitrogens with two attached hydrogens (primary N) is 1. The highest BCUT2D eigenvalue weighted by Crippen LogP contribution is 2.27. The maximum absolute atomic E-state index is 12.7. The first-order chi connectivity index (χ1) is 16.7. The molecular weight excluding hydrogens is 497 g/mol. The van der Waals surface area contributed by atoms with Gasteiger partial charge in [-0.2, -0.15) is 0 Å². The summed E-state index contributed by atoms with van der Waals surface area (Å²) in [6.45, 7) is -0.439. The summed E-state index contributed by atoms with van der Waals surface area (Å²) >= 11 is 11.9. The van der Waals surface area contributed by atoms with E-state index in [0.717, 1.165) is 14.7 Å². The first-order valence-electron chi connectivity index (χ1n) is 10.6. The number of nitrogens with zero attached hydrogens (tertiary/aromatic N) is 2. The highest BCUT2D eigenvalue weighted by Gasteiger charge is 2.22. The fourth-order valence-electron chi connectivity index (χ4n) is 3.25. The molecule has 11 heteroatoms. The minimum atomic E-state index is -0.855. The number of ether oxygens (including phenoxy) is 2. The number of rotatable bonds is 10. The number of anilines is 1. The Kier molecular flexibility index (Phi) is 8.73. The average molecular weight is 520 g/mol. The van der Waals surface area contributed by atoms with Crippen molar-refractivity contribution < 1.29 is 19.1 Å². The van der Waals surface area contributed by atoms with E-state index < -0.39 is 35.2 Å². The fraction of sp³-hybridized carbons (Fsp3) is 0.250. The van der Waals surface area contributed by atoms with Gasteiger partial charge in [0, 0.05) is 18.5 Å². The summed E-state index contributed by atoms with van der Waals surface area (Å²) < 4.78 is 12.4. The summed E-state index contributed by atoms with van der Waals surface area (Å²) in [7, 11) is 1.25. The van der Waals surface area contributed by atoms with Crippen molar-refractivity contribution >= 4 is 40.8 Å². The lowest BCUT2D eigenvalue weighted by atomic mass is 10.2. The summed E-state index contributed by atoms with van der Waals surface area (Å²) in [6.07, 6.45) is 0.275. The maximum Gasteiger partial charge on any atom is 0.332 e. The van der Waals surface area contributed by atoms with Crippen LogP contribution in [0.25, 0.3) is 0 Å². The normalized spacial score (nSPS) is 10.7. The van der Waals surface area contributed by atoms with E-state index in [1.165, 1.54) is 13.1 Å². The van der Waals surface area contributed by atoms with Gasteiger partial charge < -0.3 is 15.2 Å². The van der Waals surface area contributed by atoms with E-state index in [1.807, 2.05) is 6.07 Å². The molecule has 2 aromatic carbocycles. The number of hydrogen-bond acceptors (Lipinski definition) is 7. The van der Waals surface area contributed by atoms with Crippen molar-refractivity contribution in [1.82, 2.24) is 9.13 Å². The molecular formula is C24H23Cl2N3O6. The molecule has 0 aliphatic carbocycles. The summed E-state index contributed by atoms with van der Waals surface area (Å²) in [5.41, 5.74) is 4.87. The van der Waals surface area contributed by atoms with Gasteiger partial charge >= 0.3 is 11.7 Å². The van der Waals surface area contributed by atoms with E-state index in [9.17, 15) is 19.2 Å². The number of aromatic nitrogens is 2. The molecule has 9 nitrogen and oxygen atoms in total. The molecule has 35 heavy (non-hydrogen) atoms. The number of carbonyl (C=O) groups is 2. The van der Waals surface area contributed by atoms with Crippen molar-refractivity contribution in [3.05, 3.63) is 90.5 Å². The lowest BCUT2D eigenvalue weighted by Crippen LogP contribution is -2.43. The molecule has 0 aliphatic heterocycles. The summed E-state index contributed by atoms with van der Waals surface area (Å²) in [5, 5.41) is 0.819. The van der Waals surface area contributed by atoms with Gasteiger partial charge in [-0.05, 0) is 30.2 Å². The molecule has 0 aliphatic rings. The molecule has 0 radical (unpaired) electrons. The van der Waals surface area contributed by atoms with Gasteiger partial charge in [0.2, 0.25) is 5.78 Å². The van der Waals surface area contributed by atoms with Crippen LogP contribution in [0.2, 0.25) is 10.0 Å². The lowest BCUT2D eigenvalue weighted by Gasteiger charge is -2.14. The Morgan fingerprint density at radius 2 is 1.77 bits per heavy atom.